The highest BCUT2D eigenvalue weighted by Gasteiger charge is 2.28. The van der Waals surface area contributed by atoms with E-state index in [0.29, 0.717) is 5.92 Å². The van der Waals surface area contributed by atoms with Crippen molar-refractivity contribution in [1.29, 1.82) is 0 Å². The summed E-state index contributed by atoms with van der Waals surface area (Å²) in [6, 6.07) is 12.1. The average molecular weight is 347 g/mol. The number of hydrogen-bond acceptors (Lipinski definition) is 2. The Hall–Kier alpha value is -1.39. The van der Waals surface area contributed by atoms with Crippen LogP contribution in [-0.4, -0.2) is 29.9 Å². The van der Waals surface area contributed by atoms with Crippen molar-refractivity contribution >= 4 is 32.6 Å². The molecule has 2 aromatic carbocycles. The molecule has 3 nitrogen and oxygen atoms in total. The second-order valence-electron chi connectivity index (χ2n) is 5.87. The van der Waals surface area contributed by atoms with E-state index < -0.39 is 0 Å². The molecule has 21 heavy (non-hydrogen) atoms. The molecular formula is C17H19BrN2O. The first-order chi connectivity index (χ1) is 10.0. The van der Waals surface area contributed by atoms with E-state index in [9.17, 15) is 4.79 Å². The van der Waals surface area contributed by atoms with Gasteiger partial charge in [0.2, 0.25) is 0 Å². The van der Waals surface area contributed by atoms with Gasteiger partial charge in [-0.1, -0.05) is 28.1 Å². The van der Waals surface area contributed by atoms with Gasteiger partial charge in [-0.15, -0.1) is 0 Å². The molecule has 2 aromatic rings. The van der Waals surface area contributed by atoms with Gasteiger partial charge in [0.25, 0.3) is 5.91 Å². The lowest BCUT2D eigenvalue weighted by molar-refractivity contribution is 0.0786. The molecule has 2 unspecified atom stereocenters. The Bertz CT molecular complexity index is 684. The Morgan fingerprint density at radius 1 is 1.29 bits per heavy atom. The molecule has 0 saturated carbocycles. The number of nitrogens with two attached hydrogens (primary N) is 1. The zero-order valence-corrected chi connectivity index (χ0v) is 13.6. The first-order valence-electron chi connectivity index (χ1n) is 7.29. The Morgan fingerprint density at radius 3 is 2.71 bits per heavy atom. The summed E-state index contributed by atoms with van der Waals surface area (Å²) in [7, 11) is 0. The maximum atomic E-state index is 12.6. The van der Waals surface area contributed by atoms with E-state index in [0.717, 1.165) is 40.3 Å². The van der Waals surface area contributed by atoms with Gasteiger partial charge in [0, 0.05) is 29.2 Å². The van der Waals surface area contributed by atoms with Crippen molar-refractivity contribution in [3.8, 4) is 0 Å². The quantitative estimate of drug-likeness (QED) is 0.905. The van der Waals surface area contributed by atoms with Crippen LogP contribution in [0.5, 0.6) is 0 Å². The van der Waals surface area contributed by atoms with Gasteiger partial charge in [-0.25, -0.2) is 0 Å². The van der Waals surface area contributed by atoms with Crippen molar-refractivity contribution in [2.45, 2.75) is 19.4 Å². The molecule has 1 aliphatic rings. The highest BCUT2D eigenvalue weighted by Crippen LogP contribution is 2.24. The summed E-state index contributed by atoms with van der Waals surface area (Å²) in [5, 5.41) is 2.22. The van der Waals surface area contributed by atoms with Crippen LogP contribution in [0.2, 0.25) is 0 Å². The molecule has 4 heteroatoms. The van der Waals surface area contributed by atoms with Crippen molar-refractivity contribution in [2.75, 3.05) is 13.1 Å². The zero-order chi connectivity index (χ0) is 15.0. The number of rotatable bonds is 2. The molecular weight excluding hydrogens is 328 g/mol. The summed E-state index contributed by atoms with van der Waals surface area (Å²) >= 11 is 3.47. The average Bonchev–Trinajstić information content (AvgIpc) is 2.96. The van der Waals surface area contributed by atoms with Crippen molar-refractivity contribution in [1.82, 2.24) is 4.90 Å². The van der Waals surface area contributed by atoms with Crippen molar-refractivity contribution in [3.63, 3.8) is 0 Å². The number of likely N-dealkylation sites (tertiary alicyclic amines) is 1. The third-order valence-corrected chi connectivity index (χ3v) is 4.80. The lowest BCUT2D eigenvalue weighted by Crippen LogP contribution is -2.32. The lowest BCUT2D eigenvalue weighted by atomic mass is 10.0. The maximum Gasteiger partial charge on any atom is 0.253 e. The summed E-state index contributed by atoms with van der Waals surface area (Å²) in [6.45, 7) is 3.60. The SMILES string of the molecule is CC(N)C1CCN(C(=O)c2ccc3cc(Br)ccc3c2)C1. The number of fused-ring (bicyclic) bond motifs is 1. The molecule has 0 spiro atoms. The van der Waals surface area contributed by atoms with E-state index in [-0.39, 0.29) is 11.9 Å². The fourth-order valence-corrected chi connectivity index (χ4v) is 3.31. The normalized spacial score (nSPS) is 20.0. The van der Waals surface area contributed by atoms with E-state index in [1.165, 1.54) is 0 Å². The minimum Gasteiger partial charge on any atom is -0.338 e. The molecule has 2 N–H and O–H groups in total. The summed E-state index contributed by atoms with van der Waals surface area (Å²) in [6.07, 6.45) is 1.00. The van der Waals surface area contributed by atoms with Crippen molar-refractivity contribution < 1.29 is 4.79 Å². The van der Waals surface area contributed by atoms with E-state index in [2.05, 4.69) is 22.0 Å². The van der Waals surface area contributed by atoms with Gasteiger partial charge < -0.3 is 10.6 Å². The largest absolute Gasteiger partial charge is 0.338 e. The minimum absolute atomic E-state index is 0.114. The number of halogens is 1. The van der Waals surface area contributed by atoms with Gasteiger partial charge in [0.1, 0.15) is 0 Å². The molecule has 0 aliphatic carbocycles. The van der Waals surface area contributed by atoms with E-state index in [1.54, 1.807) is 0 Å². The number of carbonyl (C=O) groups is 1. The van der Waals surface area contributed by atoms with Gasteiger partial charge in [-0.3, -0.25) is 4.79 Å². The van der Waals surface area contributed by atoms with Crippen LogP contribution in [-0.2, 0) is 0 Å². The van der Waals surface area contributed by atoms with Crippen molar-refractivity contribution in [3.05, 3.63) is 46.4 Å². The number of hydrogen-bond donors (Lipinski definition) is 1. The molecule has 1 heterocycles. The van der Waals surface area contributed by atoms with Crippen LogP contribution in [0.25, 0.3) is 10.8 Å². The second-order valence-corrected chi connectivity index (χ2v) is 6.78. The van der Waals surface area contributed by atoms with Crippen LogP contribution in [0.3, 0.4) is 0 Å². The first kappa shape index (κ1) is 14.5. The zero-order valence-electron chi connectivity index (χ0n) is 12.1. The monoisotopic (exact) mass is 346 g/mol. The first-order valence-corrected chi connectivity index (χ1v) is 8.08. The number of amides is 1. The Labute approximate surface area is 133 Å². The molecule has 1 saturated heterocycles. The minimum atomic E-state index is 0.114. The number of carbonyl (C=O) groups excluding carboxylic acids is 1. The van der Waals surface area contributed by atoms with Crippen LogP contribution in [0.15, 0.2) is 40.9 Å². The van der Waals surface area contributed by atoms with Crippen molar-refractivity contribution in [2.24, 2.45) is 11.7 Å². The fraction of sp³-hybridized carbons (Fsp3) is 0.353. The Balaban J connectivity index is 1.83. The predicted molar refractivity (Wildman–Crippen MR) is 89.3 cm³/mol. The molecule has 0 aromatic heterocycles. The summed E-state index contributed by atoms with van der Waals surface area (Å²) in [5.41, 5.74) is 6.70. The smallest absolute Gasteiger partial charge is 0.253 e. The fourth-order valence-electron chi connectivity index (χ4n) is 2.93. The lowest BCUT2D eigenvalue weighted by Gasteiger charge is -2.18. The molecule has 2 atom stereocenters. The van der Waals surface area contributed by atoms with E-state index in [1.807, 2.05) is 42.2 Å². The van der Waals surface area contributed by atoms with Gasteiger partial charge in [-0.2, -0.15) is 0 Å². The van der Waals surface area contributed by atoms with Gasteiger partial charge >= 0.3 is 0 Å². The molecule has 110 valence electrons. The third kappa shape index (κ3) is 2.97. The molecule has 0 radical (unpaired) electrons. The van der Waals surface area contributed by atoms with E-state index >= 15 is 0 Å². The summed E-state index contributed by atoms with van der Waals surface area (Å²) < 4.78 is 1.05. The number of benzene rings is 2. The van der Waals surface area contributed by atoms with Crippen LogP contribution < -0.4 is 5.73 Å². The van der Waals surface area contributed by atoms with Crippen LogP contribution in [0.4, 0.5) is 0 Å². The topological polar surface area (TPSA) is 46.3 Å². The third-order valence-electron chi connectivity index (χ3n) is 4.30. The Morgan fingerprint density at radius 2 is 2.00 bits per heavy atom. The summed E-state index contributed by atoms with van der Waals surface area (Å²) in [4.78, 5) is 14.5. The van der Waals surface area contributed by atoms with Gasteiger partial charge in [-0.05, 0) is 54.3 Å². The highest BCUT2D eigenvalue weighted by atomic mass is 79.9. The molecule has 3 rings (SSSR count). The molecule has 1 fully saturated rings. The summed E-state index contributed by atoms with van der Waals surface area (Å²) in [5.74, 6) is 0.535. The Kier molecular flexibility index (Phi) is 4.00. The van der Waals surface area contributed by atoms with Gasteiger partial charge in [0.15, 0.2) is 0 Å². The van der Waals surface area contributed by atoms with Gasteiger partial charge in [0.05, 0.1) is 0 Å². The van der Waals surface area contributed by atoms with Crippen LogP contribution in [0, 0.1) is 5.92 Å². The van der Waals surface area contributed by atoms with E-state index in [4.69, 9.17) is 5.73 Å². The number of nitrogens with zero attached hydrogens (tertiary/aromatic N) is 1. The van der Waals surface area contributed by atoms with Crippen LogP contribution >= 0.6 is 15.9 Å². The predicted octanol–water partition coefficient (Wildman–Crippen LogP) is 3.41. The highest BCUT2D eigenvalue weighted by molar-refractivity contribution is 9.10. The standard InChI is InChI=1S/C17H19BrN2O/c1-11(19)15-6-7-20(10-15)17(21)14-3-2-13-9-16(18)5-4-12(13)8-14/h2-5,8-9,11,15H,6-7,10,19H2,1H3. The maximum absolute atomic E-state index is 12.6. The van der Waals surface area contributed by atoms with Crippen LogP contribution in [0.1, 0.15) is 23.7 Å². The molecule has 0 bridgehead atoms. The second kappa shape index (κ2) is 5.78. The molecule has 1 amide bonds. The molecule has 1 aliphatic heterocycles.